The van der Waals surface area contributed by atoms with Crippen molar-refractivity contribution in [3.8, 4) is 5.75 Å². The van der Waals surface area contributed by atoms with Crippen molar-refractivity contribution in [1.82, 2.24) is 4.90 Å². The van der Waals surface area contributed by atoms with Gasteiger partial charge in [-0.1, -0.05) is 18.0 Å². The van der Waals surface area contributed by atoms with Gasteiger partial charge in [0, 0.05) is 17.6 Å². The van der Waals surface area contributed by atoms with E-state index in [9.17, 15) is 0 Å². The van der Waals surface area contributed by atoms with Crippen LogP contribution in [0, 0.1) is 0 Å². The Labute approximate surface area is 112 Å². The summed E-state index contributed by atoms with van der Waals surface area (Å²) in [5.41, 5.74) is 0.723. The molecule has 18 heavy (non-hydrogen) atoms. The molecule has 1 aromatic rings. The fourth-order valence-electron chi connectivity index (χ4n) is 2.46. The number of rotatable bonds is 5. The van der Waals surface area contributed by atoms with Crippen molar-refractivity contribution in [3.63, 3.8) is 0 Å². The lowest BCUT2D eigenvalue weighted by molar-refractivity contribution is 0.215. The summed E-state index contributed by atoms with van der Waals surface area (Å²) >= 11 is 5.94. The maximum Gasteiger partial charge on any atom is 0.119 e. The second-order valence-corrected chi connectivity index (χ2v) is 5.56. The molecular weight excluding hydrogens is 250 g/mol. The average Bonchev–Trinajstić information content (AvgIpc) is 3.05. The van der Waals surface area contributed by atoms with E-state index in [0.717, 1.165) is 24.0 Å². The van der Waals surface area contributed by atoms with E-state index in [0.29, 0.717) is 11.1 Å². The highest BCUT2D eigenvalue weighted by atomic mass is 35.5. The van der Waals surface area contributed by atoms with E-state index in [1.165, 1.54) is 25.8 Å². The minimum atomic E-state index is -0.0480. The molecule has 0 aromatic heterocycles. The number of benzene rings is 1. The van der Waals surface area contributed by atoms with E-state index in [1.54, 1.807) is 6.07 Å². The third kappa shape index (κ3) is 2.48. The molecule has 1 aromatic carbocycles. The molecule has 4 heteroatoms. The van der Waals surface area contributed by atoms with Gasteiger partial charge in [-0.2, -0.15) is 0 Å². The minimum absolute atomic E-state index is 0.0480. The first-order chi connectivity index (χ1) is 8.78. The van der Waals surface area contributed by atoms with Crippen LogP contribution in [0.25, 0.3) is 0 Å². The zero-order chi connectivity index (χ0) is 12.5. The fraction of sp³-hybridized carbons (Fsp3) is 0.571. The maximum atomic E-state index is 9.14. The predicted molar refractivity (Wildman–Crippen MR) is 71.0 cm³/mol. The molecule has 0 bridgehead atoms. The Morgan fingerprint density at radius 3 is 2.89 bits per heavy atom. The highest BCUT2D eigenvalue weighted by molar-refractivity contribution is 6.31. The zero-order valence-electron chi connectivity index (χ0n) is 10.3. The van der Waals surface area contributed by atoms with Gasteiger partial charge in [0.25, 0.3) is 0 Å². The van der Waals surface area contributed by atoms with Crippen molar-refractivity contribution in [2.24, 2.45) is 0 Å². The Morgan fingerprint density at radius 1 is 1.39 bits per heavy atom. The number of aliphatic hydroxyl groups is 1. The molecule has 1 aliphatic carbocycles. The average molecular weight is 268 g/mol. The number of aliphatic hydroxyl groups excluding tert-OH is 1. The first-order valence-corrected chi connectivity index (χ1v) is 6.93. The van der Waals surface area contributed by atoms with Gasteiger partial charge in [-0.05, 0) is 36.6 Å². The number of hydrogen-bond acceptors (Lipinski definition) is 3. The standard InChI is InChI=1S/C14H18ClNO2/c15-14-5-4-13(6-10(14)8-17)18-9-12-7-16(12)11-2-1-3-11/h4-6,11-12,17H,1-3,7-9H2. The number of hydrogen-bond donors (Lipinski definition) is 1. The lowest BCUT2D eigenvalue weighted by atomic mass is 9.93. The van der Waals surface area contributed by atoms with Gasteiger partial charge < -0.3 is 9.84 Å². The molecule has 1 saturated carbocycles. The van der Waals surface area contributed by atoms with Crippen LogP contribution in [0.15, 0.2) is 18.2 Å². The van der Waals surface area contributed by atoms with E-state index in [2.05, 4.69) is 4.90 Å². The normalized spacial score (nSPS) is 26.8. The van der Waals surface area contributed by atoms with Crippen LogP contribution in [0.5, 0.6) is 5.75 Å². The summed E-state index contributed by atoms with van der Waals surface area (Å²) in [6.45, 7) is 1.86. The van der Waals surface area contributed by atoms with E-state index in [1.807, 2.05) is 12.1 Å². The summed E-state index contributed by atoms with van der Waals surface area (Å²) < 4.78 is 5.76. The molecule has 1 aliphatic heterocycles. The van der Waals surface area contributed by atoms with Crippen LogP contribution < -0.4 is 4.74 Å². The first-order valence-electron chi connectivity index (χ1n) is 6.56. The van der Waals surface area contributed by atoms with Crippen LogP contribution in [-0.4, -0.2) is 35.2 Å². The number of nitrogens with zero attached hydrogens (tertiary/aromatic N) is 1. The molecular formula is C14H18ClNO2. The molecule has 2 aliphatic rings. The Morgan fingerprint density at radius 2 is 2.22 bits per heavy atom. The highest BCUT2D eigenvalue weighted by Gasteiger charge is 2.42. The zero-order valence-corrected chi connectivity index (χ0v) is 11.1. The van der Waals surface area contributed by atoms with Gasteiger partial charge in [0.05, 0.1) is 12.6 Å². The molecule has 1 saturated heterocycles. The molecule has 2 atom stereocenters. The molecule has 0 radical (unpaired) electrons. The monoisotopic (exact) mass is 267 g/mol. The maximum absolute atomic E-state index is 9.14. The van der Waals surface area contributed by atoms with Gasteiger partial charge >= 0.3 is 0 Å². The molecule has 0 spiro atoms. The summed E-state index contributed by atoms with van der Waals surface area (Å²) in [7, 11) is 0. The van der Waals surface area contributed by atoms with Crippen LogP contribution in [-0.2, 0) is 6.61 Å². The largest absolute Gasteiger partial charge is 0.492 e. The fourth-order valence-corrected chi connectivity index (χ4v) is 2.64. The number of ether oxygens (including phenoxy) is 1. The molecule has 98 valence electrons. The van der Waals surface area contributed by atoms with Gasteiger partial charge in [0.2, 0.25) is 0 Å². The van der Waals surface area contributed by atoms with E-state index in [4.69, 9.17) is 21.4 Å². The highest BCUT2D eigenvalue weighted by Crippen LogP contribution is 2.34. The summed E-state index contributed by atoms with van der Waals surface area (Å²) in [5, 5.41) is 9.73. The van der Waals surface area contributed by atoms with Gasteiger partial charge in [-0.25, -0.2) is 0 Å². The van der Waals surface area contributed by atoms with Crippen molar-refractivity contribution >= 4 is 11.6 Å². The summed E-state index contributed by atoms with van der Waals surface area (Å²) in [6, 6.07) is 6.86. The summed E-state index contributed by atoms with van der Waals surface area (Å²) in [4.78, 5) is 2.52. The molecule has 3 rings (SSSR count). The Hall–Kier alpha value is -0.770. The first kappa shape index (κ1) is 12.3. The smallest absolute Gasteiger partial charge is 0.119 e. The molecule has 0 amide bonds. The third-order valence-electron chi connectivity index (χ3n) is 3.93. The van der Waals surface area contributed by atoms with Gasteiger partial charge in [-0.15, -0.1) is 0 Å². The Bertz CT molecular complexity index is 434. The van der Waals surface area contributed by atoms with E-state index >= 15 is 0 Å². The van der Waals surface area contributed by atoms with Crippen molar-refractivity contribution < 1.29 is 9.84 Å². The SMILES string of the molecule is OCc1cc(OCC2CN2C2CCC2)ccc1Cl. The van der Waals surface area contributed by atoms with Crippen LogP contribution in [0.3, 0.4) is 0 Å². The van der Waals surface area contributed by atoms with Crippen LogP contribution in [0.2, 0.25) is 5.02 Å². The molecule has 3 nitrogen and oxygen atoms in total. The lowest BCUT2D eigenvalue weighted by Gasteiger charge is -2.27. The number of halogens is 1. The van der Waals surface area contributed by atoms with Crippen LogP contribution in [0.4, 0.5) is 0 Å². The van der Waals surface area contributed by atoms with Gasteiger partial charge in [0.15, 0.2) is 0 Å². The van der Waals surface area contributed by atoms with Crippen molar-refractivity contribution in [3.05, 3.63) is 28.8 Å². The third-order valence-corrected chi connectivity index (χ3v) is 4.30. The summed E-state index contributed by atoms with van der Waals surface area (Å²) in [5.74, 6) is 0.795. The molecule has 1 N–H and O–H groups in total. The van der Waals surface area contributed by atoms with Crippen molar-refractivity contribution in [2.75, 3.05) is 13.2 Å². The topological polar surface area (TPSA) is 32.5 Å². The Balaban J connectivity index is 1.51. The molecule has 2 unspecified atom stereocenters. The van der Waals surface area contributed by atoms with E-state index in [-0.39, 0.29) is 6.61 Å². The van der Waals surface area contributed by atoms with Crippen LogP contribution >= 0.6 is 11.6 Å². The molecule has 1 heterocycles. The quantitative estimate of drug-likeness (QED) is 0.832. The second-order valence-electron chi connectivity index (χ2n) is 5.16. The Kier molecular flexibility index (Phi) is 3.46. The van der Waals surface area contributed by atoms with Crippen LogP contribution in [0.1, 0.15) is 24.8 Å². The predicted octanol–water partition coefficient (Wildman–Crippen LogP) is 2.45. The minimum Gasteiger partial charge on any atom is -0.492 e. The lowest BCUT2D eigenvalue weighted by Crippen LogP contribution is -2.29. The molecule has 2 fully saturated rings. The van der Waals surface area contributed by atoms with E-state index < -0.39 is 0 Å². The summed E-state index contributed by atoms with van der Waals surface area (Å²) in [6.07, 6.45) is 4.09. The second kappa shape index (κ2) is 5.08. The van der Waals surface area contributed by atoms with Gasteiger partial charge in [-0.3, -0.25) is 4.90 Å². The van der Waals surface area contributed by atoms with Gasteiger partial charge in [0.1, 0.15) is 12.4 Å². The van der Waals surface area contributed by atoms with Crippen molar-refractivity contribution in [1.29, 1.82) is 0 Å². The van der Waals surface area contributed by atoms with Crippen molar-refractivity contribution in [2.45, 2.75) is 38.0 Å².